The molecule has 2 nitrogen and oxygen atoms in total. The van der Waals surface area contributed by atoms with Gasteiger partial charge in [-0.1, -0.05) is 41.9 Å². The Kier molecular flexibility index (Phi) is 3.68. The van der Waals surface area contributed by atoms with Crippen molar-refractivity contribution in [2.45, 2.75) is 6.54 Å². The molecule has 0 spiro atoms. The van der Waals surface area contributed by atoms with Crippen molar-refractivity contribution in [2.24, 2.45) is 0 Å². The lowest BCUT2D eigenvalue weighted by molar-refractivity contribution is 0.818. The van der Waals surface area contributed by atoms with Gasteiger partial charge >= 0.3 is 0 Å². The fourth-order valence-corrected chi connectivity index (χ4v) is 2.67. The molecule has 0 saturated heterocycles. The Bertz CT molecular complexity index is 748. The third-order valence-electron chi connectivity index (χ3n) is 3.41. The first-order chi connectivity index (χ1) is 9.79. The molecule has 1 aromatic heterocycles. The lowest BCUT2D eigenvalue weighted by atomic mass is 9.98. The molecule has 0 aliphatic rings. The normalized spacial score (nSPS) is 10.9. The standard InChI is InChI=1S/C17H15ClN2/c1-19-10-14-6-5-12(9-17(14)18)15-4-2-3-13-11-20-8-7-16(13)15/h2-9,11,19H,10H2,1H3. The van der Waals surface area contributed by atoms with Crippen molar-refractivity contribution in [2.75, 3.05) is 7.05 Å². The molecule has 1 N–H and O–H groups in total. The monoisotopic (exact) mass is 282 g/mol. The number of fused-ring (bicyclic) bond motifs is 1. The maximum absolute atomic E-state index is 6.36. The number of hydrogen-bond acceptors (Lipinski definition) is 2. The zero-order chi connectivity index (χ0) is 13.9. The third kappa shape index (κ3) is 2.40. The average Bonchev–Trinajstić information content (AvgIpc) is 2.49. The number of benzene rings is 2. The predicted octanol–water partition coefficient (Wildman–Crippen LogP) is 4.27. The molecule has 0 aliphatic heterocycles. The van der Waals surface area contributed by atoms with Crippen LogP contribution in [0.4, 0.5) is 0 Å². The van der Waals surface area contributed by atoms with E-state index >= 15 is 0 Å². The van der Waals surface area contributed by atoms with Gasteiger partial charge in [-0.15, -0.1) is 0 Å². The van der Waals surface area contributed by atoms with Crippen LogP contribution in [0.2, 0.25) is 5.02 Å². The number of rotatable bonds is 3. The number of hydrogen-bond donors (Lipinski definition) is 1. The molecule has 0 radical (unpaired) electrons. The topological polar surface area (TPSA) is 24.9 Å². The highest BCUT2D eigenvalue weighted by atomic mass is 35.5. The van der Waals surface area contributed by atoms with E-state index in [4.69, 9.17) is 11.6 Å². The number of nitrogens with zero attached hydrogens (tertiary/aromatic N) is 1. The van der Waals surface area contributed by atoms with Gasteiger partial charge in [0, 0.05) is 29.3 Å². The minimum absolute atomic E-state index is 0.776. The van der Waals surface area contributed by atoms with Gasteiger partial charge < -0.3 is 5.32 Å². The zero-order valence-electron chi connectivity index (χ0n) is 11.2. The van der Waals surface area contributed by atoms with Gasteiger partial charge in [-0.2, -0.15) is 0 Å². The Morgan fingerprint density at radius 1 is 1.15 bits per heavy atom. The van der Waals surface area contributed by atoms with E-state index in [0.717, 1.165) is 28.1 Å². The van der Waals surface area contributed by atoms with Crippen LogP contribution >= 0.6 is 11.6 Å². The highest BCUT2D eigenvalue weighted by Gasteiger charge is 2.06. The van der Waals surface area contributed by atoms with E-state index in [1.54, 1.807) is 0 Å². The Morgan fingerprint density at radius 3 is 2.85 bits per heavy atom. The van der Waals surface area contributed by atoms with Crippen LogP contribution in [0.3, 0.4) is 0 Å². The Labute approximate surface area is 123 Å². The third-order valence-corrected chi connectivity index (χ3v) is 3.76. The molecule has 0 unspecified atom stereocenters. The summed E-state index contributed by atoms with van der Waals surface area (Å²) in [4.78, 5) is 4.17. The van der Waals surface area contributed by atoms with Crippen LogP contribution in [-0.2, 0) is 6.54 Å². The average molecular weight is 283 g/mol. The minimum Gasteiger partial charge on any atom is -0.316 e. The second-order valence-electron chi connectivity index (χ2n) is 4.74. The van der Waals surface area contributed by atoms with Gasteiger partial charge in [0.05, 0.1) is 0 Å². The zero-order valence-corrected chi connectivity index (χ0v) is 12.0. The molecule has 3 aromatic rings. The predicted molar refractivity (Wildman–Crippen MR) is 85.0 cm³/mol. The summed E-state index contributed by atoms with van der Waals surface area (Å²) in [7, 11) is 1.92. The van der Waals surface area contributed by atoms with E-state index in [1.165, 1.54) is 10.9 Å². The first-order valence-corrected chi connectivity index (χ1v) is 6.93. The van der Waals surface area contributed by atoms with Crippen LogP contribution in [0.5, 0.6) is 0 Å². The van der Waals surface area contributed by atoms with Crippen molar-refractivity contribution in [1.82, 2.24) is 10.3 Å². The molecule has 100 valence electrons. The summed E-state index contributed by atoms with van der Waals surface area (Å²) >= 11 is 6.36. The van der Waals surface area contributed by atoms with Crippen LogP contribution < -0.4 is 5.32 Å². The molecule has 2 aromatic carbocycles. The molecule has 0 atom stereocenters. The summed E-state index contributed by atoms with van der Waals surface area (Å²) in [6, 6.07) is 14.5. The van der Waals surface area contributed by atoms with Crippen molar-refractivity contribution in [3.05, 3.63) is 65.4 Å². The van der Waals surface area contributed by atoms with E-state index < -0.39 is 0 Å². The number of halogens is 1. The van der Waals surface area contributed by atoms with Crippen LogP contribution in [0, 0.1) is 0 Å². The van der Waals surface area contributed by atoms with Crippen molar-refractivity contribution >= 4 is 22.4 Å². The van der Waals surface area contributed by atoms with Crippen molar-refractivity contribution in [3.63, 3.8) is 0 Å². The van der Waals surface area contributed by atoms with Crippen LogP contribution in [-0.4, -0.2) is 12.0 Å². The quantitative estimate of drug-likeness (QED) is 0.776. The van der Waals surface area contributed by atoms with Crippen molar-refractivity contribution in [1.29, 1.82) is 0 Å². The summed E-state index contributed by atoms with van der Waals surface area (Å²) < 4.78 is 0. The van der Waals surface area contributed by atoms with Gasteiger partial charge in [0.2, 0.25) is 0 Å². The maximum atomic E-state index is 6.36. The molecule has 1 heterocycles. The number of aromatic nitrogens is 1. The first-order valence-electron chi connectivity index (χ1n) is 6.56. The Hall–Kier alpha value is -1.90. The second-order valence-corrected chi connectivity index (χ2v) is 5.15. The molecule has 3 rings (SSSR count). The molecule has 0 bridgehead atoms. The molecule has 0 saturated carbocycles. The molecular formula is C17H15ClN2. The molecule has 0 aliphatic carbocycles. The molecule has 3 heteroatoms. The van der Waals surface area contributed by atoms with Gasteiger partial charge in [0.25, 0.3) is 0 Å². The van der Waals surface area contributed by atoms with Crippen molar-refractivity contribution < 1.29 is 0 Å². The largest absolute Gasteiger partial charge is 0.316 e. The SMILES string of the molecule is CNCc1ccc(-c2cccc3cnccc23)cc1Cl. The summed E-state index contributed by atoms with van der Waals surface area (Å²) in [5.74, 6) is 0. The van der Waals surface area contributed by atoms with Gasteiger partial charge in [0.15, 0.2) is 0 Å². The van der Waals surface area contributed by atoms with Crippen LogP contribution in [0.15, 0.2) is 54.9 Å². The summed E-state index contributed by atoms with van der Waals surface area (Å²) in [5.41, 5.74) is 3.43. The lowest BCUT2D eigenvalue weighted by Gasteiger charge is -2.09. The van der Waals surface area contributed by atoms with Gasteiger partial charge in [-0.3, -0.25) is 4.98 Å². The Morgan fingerprint density at radius 2 is 2.05 bits per heavy atom. The number of pyridine rings is 1. The molecular weight excluding hydrogens is 268 g/mol. The van der Waals surface area contributed by atoms with E-state index in [2.05, 4.69) is 40.6 Å². The summed E-state index contributed by atoms with van der Waals surface area (Å²) in [6.07, 6.45) is 3.71. The van der Waals surface area contributed by atoms with Crippen LogP contribution in [0.1, 0.15) is 5.56 Å². The summed E-state index contributed by atoms with van der Waals surface area (Å²) in [6.45, 7) is 0.776. The smallest absolute Gasteiger partial charge is 0.0457 e. The van der Waals surface area contributed by atoms with E-state index in [-0.39, 0.29) is 0 Å². The maximum Gasteiger partial charge on any atom is 0.0457 e. The fourth-order valence-electron chi connectivity index (χ4n) is 2.42. The van der Waals surface area contributed by atoms with E-state index in [1.807, 2.05) is 31.6 Å². The van der Waals surface area contributed by atoms with Gasteiger partial charge in [-0.05, 0) is 41.3 Å². The number of nitrogens with one attached hydrogen (secondary N) is 1. The molecule has 0 fully saturated rings. The summed E-state index contributed by atoms with van der Waals surface area (Å²) in [5, 5.41) is 6.25. The second kappa shape index (κ2) is 5.61. The van der Waals surface area contributed by atoms with Gasteiger partial charge in [0.1, 0.15) is 0 Å². The molecule has 20 heavy (non-hydrogen) atoms. The fraction of sp³-hybridized carbons (Fsp3) is 0.118. The highest BCUT2D eigenvalue weighted by molar-refractivity contribution is 6.31. The van der Waals surface area contributed by atoms with Gasteiger partial charge in [-0.25, -0.2) is 0 Å². The lowest BCUT2D eigenvalue weighted by Crippen LogP contribution is -2.05. The first kappa shape index (κ1) is 13.1. The van der Waals surface area contributed by atoms with E-state index in [9.17, 15) is 0 Å². The highest BCUT2D eigenvalue weighted by Crippen LogP contribution is 2.31. The van der Waals surface area contributed by atoms with E-state index in [0.29, 0.717) is 0 Å². The van der Waals surface area contributed by atoms with Crippen LogP contribution in [0.25, 0.3) is 21.9 Å². The minimum atomic E-state index is 0.776. The Balaban J connectivity index is 2.14. The van der Waals surface area contributed by atoms with Crippen molar-refractivity contribution in [3.8, 4) is 11.1 Å². The molecule has 0 amide bonds.